The molecule has 1 aliphatic rings. The highest BCUT2D eigenvalue weighted by Crippen LogP contribution is 2.23. The number of hydrogen-bond acceptors (Lipinski definition) is 4. The van der Waals surface area contributed by atoms with Gasteiger partial charge in [-0.1, -0.05) is 13.8 Å². The quantitative estimate of drug-likeness (QED) is 0.758. The lowest BCUT2D eigenvalue weighted by Gasteiger charge is -2.17. The van der Waals surface area contributed by atoms with Crippen molar-refractivity contribution in [3.8, 4) is 0 Å². The Morgan fingerprint density at radius 1 is 1.41 bits per heavy atom. The van der Waals surface area contributed by atoms with Gasteiger partial charge in [0.05, 0.1) is 18.5 Å². The Hall–Kier alpha value is -1.37. The molecule has 6 nitrogen and oxygen atoms in total. The van der Waals surface area contributed by atoms with Gasteiger partial charge in [0.1, 0.15) is 0 Å². The zero-order chi connectivity index (χ0) is 12.8. The third-order valence-electron chi connectivity index (χ3n) is 2.70. The van der Waals surface area contributed by atoms with Crippen LogP contribution in [0.4, 0.5) is 0 Å². The summed E-state index contributed by atoms with van der Waals surface area (Å²) in [6.07, 6.45) is 2.59. The molecule has 0 saturated carbocycles. The van der Waals surface area contributed by atoms with Crippen LogP contribution in [0.5, 0.6) is 0 Å². The number of fused-ring (bicyclic) bond motifs is 1. The Morgan fingerprint density at radius 3 is 2.53 bits per heavy atom. The summed E-state index contributed by atoms with van der Waals surface area (Å²) < 4.78 is 23.5. The lowest BCUT2D eigenvalue weighted by molar-refractivity contribution is -0.135. The minimum absolute atomic E-state index is 0.0546. The van der Waals surface area contributed by atoms with E-state index in [9.17, 15) is 13.2 Å². The van der Waals surface area contributed by atoms with Gasteiger partial charge in [-0.15, -0.1) is 0 Å². The summed E-state index contributed by atoms with van der Waals surface area (Å²) in [5.41, 5.74) is 1.48. The number of amides is 1. The van der Waals surface area contributed by atoms with Crippen molar-refractivity contribution in [2.75, 3.05) is 6.26 Å². The monoisotopic (exact) mass is 257 g/mol. The van der Waals surface area contributed by atoms with Gasteiger partial charge < -0.3 is 4.90 Å². The van der Waals surface area contributed by atoms with Gasteiger partial charge in [0.15, 0.2) is 0 Å². The average Bonchev–Trinajstić information content (AvgIpc) is 2.71. The lowest BCUT2D eigenvalue weighted by Crippen LogP contribution is -2.29. The molecule has 1 aromatic heterocycles. The molecule has 1 aromatic rings. The van der Waals surface area contributed by atoms with E-state index in [-0.39, 0.29) is 11.8 Å². The average molecular weight is 257 g/mol. The molecule has 0 aromatic carbocycles. The van der Waals surface area contributed by atoms with Gasteiger partial charge >= 0.3 is 0 Å². The molecule has 0 N–H and O–H groups in total. The van der Waals surface area contributed by atoms with Crippen LogP contribution in [-0.4, -0.2) is 34.7 Å². The van der Waals surface area contributed by atoms with Crippen molar-refractivity contribution in [1.29, 1.82) is 0 Å². The highest BCUT2D eigenvalue weighted by molar-refractivity contribution is 7.89. The molecule has 17 heavy (non-hydrogen) atoms. The Bertz CT molecular complexity index is 536. The van der Waals surface area contributed by atoms with E-state index in [2.05, 4.69) is 5.10 Å². The second-order valence-electron chi connectivity index (χ2n) is 4.59. The van der Waals surface area contributed by atoms with Crippen molar-refractivity contribution >= 4 is 15.9 Å². The molecule has 0 fully saturated rings. The van der Waals surface area contributed by atoms with Crippen molar-refractivity contribution in [1.82, 2.24) is 14.1 Å². The van der Waals surface area contributed by atoms with Crippen LogP contribution in [0.3, 0.4) is 0 Å². The molecule has 7 heteroatoms. The topological polar surface area (TPSA) is 72.3 Å². The maximum Gasteiger partial charge on any atom is 0.250 e. The number of carbonyl (C=O) groups is 1. The highest BCUT2D eigenvalue weighted by Gasteiger charge is 2.28. The SMILES string of the molecule is CC(C)C(=O)N1Cc2cn(S(C)(=O)=O)nc2C1. The van der Waals surface area contributed by atoms with E-state index in [4.69, 9.17) is 0 Å². The molecule has 2 rings (SSSR count). The number of hydrogen-bond donors (Lipinski definition) is 0. The summed E-state index contributed by atoms with van der Waals surface area (Å²) in [6.45, 7) is 4.53. The third-order valence-corrected chi connectivity index (χ3v) is 3.57. The van der Waals surface area contributed by atoms with Crippen molar-refractivity contribution in [2.24, 2.45) is 5.92 Å². The van der Waals surface area contributed by atoms with Crippen LogP contribution in [0.1, 0.15) is 25.1 Å². The van der Waals surface area contributed by atoms with E-state index in [1.54, 1.807) is 4.90 Å². The lowest BCUT2D eigenvalue weighted by atomic mass is 10.2. The van der Waals surface area contributed by atoms with Gasteiger partial charge in [-0.05, 0) is 0 Å². The van der Waals surface area contributed by atoms with E-state index in [0.29, 0.717) is 18.8 Å². The van der Waals surface area contributed by atoms with Crippen LogP contribution >= 0.6 is 0 Å². The van der Waals surface area contributed by atoms with E-state index >= 15 is 0 Å². The molecule has 2 heterocycles. The summed E-state index contributed by atoms with van der Waals surface area (Å²) >= 11 is 0. The third kappa shape index (κ3) is 2.19. The first-order valence-corrected chi connectivity index (χ1v) is 7.20. The fourth-order valence-electron chi connectivity index (χ4n) is 1.82. The number of nitrogens with zero attached hydrogens (tertiary/aromatic N) is 3. The molecule has 0 unspecified atom stereocenters. The van der Waals surface area contributed by atoms with Gasteiger partial charge in [0.2, 0.25) is 5.91 Å². The molecule has 0 saturated heterocycles. The minimum atomic E-state index is -3.33. The van der Waals surface area contributed by atoms with Gasteiger partial charge in [0.25, 0.3) is 10.0 Å². The largest absolute Gasteiger partial charge is 0.332 e. The summed E-state index contributed by atoms with van der Waals surface area (Å²) in [5.74, 6) is 0.00921. The Morgan fingerprint density at radius 2 is 2.06 bits per heavy atom. The Kier molecular flexibility index (Phi) is 2.73. The van der Waals surface area contributed by atoms with E-state index in [1.807, 2.05) is 13.8 Å². The first-order valence-electron chi connectivity index (χ1n) is 5.36. The zero-order valence-electron chi connectivity index (χ0n) is 10.0. The van der Waals surface area contributed by atoms with Gasteiger partial charge in [-0.25, -0.2) is 8.42 Å². The van der Waals surface area contributed by atoms with Crippen molar-refractivity contribution in [3.63, 3.8) is 0 Å². The molecule has 94 valence electrons. The molecular weight excluding hydrogens is 242 g/mol. The van der Waals surface area contributed by atoms with Crippen LogP contribution in [0.25, 0.3) is 0 Å². The summed E-state index contributed by atoms with van der Waals surface area (Å²) in [7, 11) is -3.33. The predicted molar refractivity (Wildman–Crippen MR) is 61.6 cm³/mol. The van der Waals surface area contributed by atoms with E-state index < -0.39 is 10.0 Å². The fourth-order valence-corrected chi connectivity index (χ4v) is 2.38. The van der Waals surface area contributed by atoms with Crippen LogP contribution in [0, 0.1) is 5.92 Å². The van der Waals surface area contributed by atoms with E-state index in [0.717, 1.165) is 15.9 Å². The second kappa shape index (κ2) is 3.83. The van der Waals surface area contributed by atoms with Crippen molar-refractivity contribution in [2.45, 2.75) is 26.9 Å². The van der Waals surface area contributed by atoms with Crippen LogP contribution < -0.4 is 0 Å². The molecule has 0 atom stereocenters. The maximum absolute atomic E-state index is 11.8. The first kappa shape index (κ1) is 12.1. The van der Waals surface area contributed by atoms with Gasteiger partial charge in [-0.3, -0.25) is 4.79 Å². The predicted octanol–water partition coefficient (Wildman–Crippen LogP) is 0.189. The van der Waals surface area contributed by atoms with Crippen LogP contribution in [-0.2, 0) is 27.9 Å². The molecule has 0 spiro atoms. The molecule has 0 bridgehead atoms. The zero-order valence-corrected chi connectivity index (χ0v) is 10.9. The minimum Gasteiger partial charge on any atom is -0.332 e. The van der Waals surface area contributed by atoms with Gasteiger partial charge in [-0.2, -0.15) is 9.19 Å². The molecule has 1 amide bonds. The number of aromatic nitrogens is 2. The van der Waals surface area contributed by atoms with Crippen molar-refractivity contribution in [3.05, 3.63) is 17.5 Å². The fraction of sp³-hybridized carbons (Fsp3) is 0.600. The smallest absolute Gasteiger partial charge is 0.250 e. The highest BCUT2D eigenvalue weighted by atomic mass is 32.2. The van der Waals surface area contributed by atoms with Crippen LogP contribution in [0.2, 0.25) is 0 Å². The van der Waals surface area contributed by atoms with Crippen LogP contribution in [0.15, 0.2) is 6.20 Å². The Balaban J connectivity index is 2.21. The molecule has 0 aliphatic carbocycles. The molecular formula is C10H15N3O3S. The second-order valence-corrected chi connectivity index (χ2v) is 6.43. The number of rotatable bonds is 2. The summed E-state index contributed by atoms with van der Waals surface area (Å²) in [5, 5.41) is 3.99. The maximum atomic E-state index is 11.8. The Labute approximate surface area is 100 Å². The van der Waals surface area contributed by atoms with E-state index in [1.165, 1.54) is 6.20 Å². The van der Waals surface area contributed by atoms with Crippen molar-refractivity contribution < 1.29 is 13.2 Å². The standard InChI is InChI=1S/C10H15N3O3S/c1-7(2)10(14)12-4-8-5-13(17(3,15)16)11-9(8)6-12/h5,7H,4,6H2,1-3H3. The summed E-state index contributed by atoms with van der Waals surface area (Å²) in [6, 6.07) is 0. The first-order chi connectivity index (χ1) is 7.79. The van der Waals surface area contributed by atoms with Gasteiger partial charge in [0, 0.05) is 24.2 Å². The normalized spacial score (nSPS) is 15.4. The molecule has 1 aliphatic heterocycles. The molecule has 0 radical (unpaired) electrons. The number of carbonyl (C=O) groups excluding carboxylic acids is 1. The summed E-state index contributed by atoms with van der Waals surface area (Å²) in [4.78, 5) is 13.5.